The fourth-order valence-electron chi connectivity index (χ4n) is 1.48. The highest BCUT2D eigenvalue weighted by Gasteiger charge is 2.12. The number of carbonyl (C=O) groups excluding carboxylic acids is 1. The van der Waals surface area contributed by atoms with Gasteiger partial charge in [0.15, 0.2) is 0 Å². The smallest absolute Gasteiger partial charge is 0.258 e. The Hall–Kier alpha value is -2.36. The highest BCUT2D eigenvalue weighted by Crippen LogP contribution is 2.16. The van der Waals surface area contributed by atoms with Gasteiger partial charge in [-0.25, -0.2) is 0 Å². The molecule has 0 saturated heterocycles. The van der Waals surface area contributed by atoms with Gasteiger partial charge in [-0.05, 0) is 36.4 Å². The average molecular weight is 228 g/mol. The molecule has 1 heterocycles. The number of anilines is 1. The third-order valence-electron chi connectivity index (χ3n) is 2.47. The molecule has 0 fully saturated rings. The van der Waals surface area contributed by atoms with Gasteiger partial charge in [0.05, 0.1) is 0 Å². The zero-order chi connectivity index (χ0) is 12.3. The van der Waals surface area contributed by atoms with Crippen molar-refractivity contribution in [3.8, 4) is 5.75 Å². The van der Waals surface area contributed by atoms with Crippen LogP contribution in [0.4, 0.5) is 5.69 Å². The van der Waals surface area contributed by atoms with Crippen molar-refractivity contribution in [3.05, 3.63) is 54.4 Å². The molecule has 2 aromatic rings. The second kappa shape index (κ2) is 4.65. The lowest BCUT2D eigenvalue weighted by Gasteiger charge is -2.16. The summed E-state index contributed by atoms with van der Waals surface area (Å²) in [5.74, 6) is 0.0179. The third-order valence-corrected chi connectivity index (χ3v) is 2.47. The summed E-state index contributed by atoms with van der Waals surface area (Å²) < 4.78 is 0. The van der Waals surface area contributed by atoms with Crippen molar-refractivity contribution in [2.24, 2.45) is 0 Å². The predicted octanol–water partition coefficient (Wildman–Crippen LogP) is 2.06. The molecule has 0 aliphatic rings. The maximum atomic E-state index is 12.1. The molecule has 0 unspecified atom stereocenters. The number of aromatic hydroxyl groups is 1. The number of aromatic nitrogens is 1. The van der Waals surface area contributed by atoms with Crippen LogP contribution in [0.5, 0.6) is 5.75 Å². The molecule has 17 heavy (non-hydrogen) atoms. The number of hydrogen-bond donors (Lipinski definition) is 1. The van der Waals surface area contributed by atoms with Crippen LogP contribution in [0.25, 0.3) is 0 Å². The number of phenolic OH excluding ortho intramolecular Hbond substituents is 1. The molecule has 4 nitrogen and oxygen atoms in total. The third kappa shape index (κ3) is 2.42. The lowest BCUT2D eigenvalue weighted by molar-refractivity contribution is 0.0993. The number of hydrogen-bond acceptors (Lipinski definition) is 3. The summed E-state index contributed by atoms with van der Waals surface area (Å²) in [5, 5.41) is 9.16. The van der Waals surface area contributed by atoms with Gasteiger partial charge in [-0.3, -0.25) is 9.78 Å². The molecule has 0 saturated carbocycles. The molecule has 0 bridgehead atoms. The van der Waals surface area contributed by atoms with Crippen LogP contribution in [0.2, 0.25) is 0 Å². The highest BCUT2D eigenvalue weighted by molar-refractivity contribution is 6.05. The van der Waals surface area contributed by atoms with Gasteiger partial charge in [0.25, 0.3) is 5.91 Å². The Labute approximate surface area is 99.2 Å². The molecule has 0 aliphatic heterocycles. The number of carbonyl (C=O) groups is 1. The van der Waals surface area contributed by atoms with Crippen molar-refractivity contribution in [2.75, 3.05) is 11.9 Å². The minimum absolute atomic E-state index is 0.129. The van der Waals surface area contributed by atoms with Gasteiger partial charge in [-0.15, -0.1) is 0 Å². The highest BCUT2D eigenvalue weighted by atomic mass is 16.3. The lowest BCUT2D eigenvalue weighted by atomic mass is 10.2. The van der Waals surface area contributed by atoms with Gasteiger partial charge in [0.1, 0.15) is 5.75 Å². The van der Waals surface area contributed by atoms with Crippen molar-refractivity contribution >= 4 is 11.6 Å². The Bertz CT molecular complexity index is 509. The average Bonchev–Trinajstić information content (AvgIpc) is 2.39. The van der Waals surface area contributed by atoms with E-state index in [-0.39, 0.29) is 11.7 Å². The zero-order valence-corrected chi connectivity index (χ0v) is 9.37. The van der Waals surface area contributed by atoms with Crippen molar-refractivity contribution in [1.29, 1.82) is 0 Å². The van der Waals surface area contributed by atoms with Crippen molar-refractivity contribution in [2.45, 2.75) is 0 Å². The number of nitrogens with zero attached hydrogens (tertiary/aromatic N) is 2. The van der Waals surface area contributed by atoms with Crippen molar-refractivity contribution in [3.63, 3.8) is 0 Å². The van der Waals surface area contributed by atoms with Crippen LogP contribution in [0, 0.1) is 0 Å². The summed E-state index contributed by atoms with van der Waals surface area (Å²) in [6.07, 6.45) is 3.27. The molecule has 1 aromatic carbocycles. The van der Waals surface area contributed by atoms with Crippen LogP contribution in [0.15, 0.2) is 48.8 Å². The van der Waals surface area contributed by atoms with Gasteiger partial charge in [0, 0.05) is 30.7 Å². The topological polar surface area (TPSA) is 53.4 Å². The van der Waals surface area contributed by atoms with Crippen LogP contribution in [-0.4, -0.2) is 23.0 Å². The number of phenols is 1. The van der Waals surface area contributed by atoms with E-state index in [4.69, 9.17) is 5.11 Å². The molecule has 2 rings (SSSR count). The Balaban J connectivity index is 2.23. The second-order valence-electron chi connectivity index (χ2n) is 3.62. The van der Waals surface area contributed by atoms with E-state index in [0.717, 1.165) is 5.69 Å². The van der Waals surface area contributed by atoms with E-state index in [9.17, 15) is 4.79 Å². The van der Waals surface area contributed by atoms with E-state index in [1.165, 1.54) is 17.0 Å². The molecule has 4 heteroatoms. The number of benzene rings is 1. The van der Waals surface area contributed by atoms with Crippen molar-refractivity contribution in [1.82, 2.24) is 4.98 Å². The van der Waals surface area contributed by atoms with Crippen molar-refractivity contribution < 1.29 is 9.90 Å². The van der Waals surface area contributed by atoms with Crippen LogP contribution >= 0.6 is 0 Å². The first-order valence-corrected chi connectivity index (χ1v) is 5.15. The van der Waals surface area contributed by atoms with Gasteiger partial charge in [-0.2, -0.15) is 0 Å². The standard InChI is InChI=1S/C13H12N2O2/c1-15(11-6-8-14-9-7-11)13(17)10-2-4-12(16)5-3-10/h2-9,16H,1H3. The number of rotatable bonds is 2. The maximum absolute atomic E-state index is 12.1. The SMILES string of the molecule is CN(C(=O)c1ccc(O)cc1)c1ccncc1. The first-order chi connectivity index (χ1) is 8.18. The van der Waals surface area contributed by atoms with Crippen LogP contribution < -0.4 is 4.90 Å². The second-order valence-corrected chi connectivity index (χ2v) is 3.62. The molecular weight excluding hydrogens is 216 g/mol. The quantitative estimate of drug-likeness (QED) is 0.856. The first-order valence-electron chi connectivity index (χ1n) is 5.15. The minimum Gasteiger partial charge on any atom is -0.508 e. The summed E-state index contributed by atoms with van der Waals surface area (Å²) in [6, 6.07) is 9.70. The summed E-state index contributed by atoms with van der Waals surface area (Å²) in [4.78, 5) is 17.5. The number of amides is 1. The Morgan fingerprint density at radius 2 is 1.71 bits per heavy atom. The maximum Gasteiger partial charge on any atom is 0.258 e. The normalized spacial score (nSPS) is 9.94. The molecule has 1 aromatic heterocycles. The van der Waals surface area contributed by atoms with E-state index in [1.54, 1.807) is 43.7 Å². The molecule has 86 valence electrons. The predicted molar refractivity (Wildman–Crippen MR) is 65.1 cm³/mol. The lowest BCUT2D eigenvalue weighted by Crippen LogP contribution is -2.26. The molecule has 0 radical (unpaired) electrons. The first kappa shape index (κ1) is 11.1. The largest absolute Gasteiger partial charge is 0.508 e. The van der Waals surface area contributed by atoms with Gasteiger partial charge < -0.3 is 10.0 Å². The van der Waals surface area contributed by atoms with Crippen LogP contribution in [-0.2, 0) is 0 Å². The fraction of sp³-hybridized carbons (Fsp3) is 0.0769. The Morgan fingerprint density at radius 1 is 1.12 bits per heavy atom. The van der Waals surface area contributed by atoms with Crippen LogP contribution in [0.3, 0.4) is 0 Å². The zero-order valence-electron chi connectivity index (χ0n) is 9.37. The molecule has 1 N–H and O–H groups in total. The number of pyridine rings is 1. The van der Waals surface area contributed by atoms with Crippen LogP contribution in [0.1, 0.15) is 10.4 Å². The molecular formula is C13H12N2O2. The van der Waals surface area contributed by atoms with E-state index in [0.29, 0.717) is 5.56 Å². The van der Waals surface area contributed by atoms with E-state index >= 15 is 0 Å². The Morgan fingerprint density at radius 3 is 2.29 bits per heavy atom. The van der Waals surface area contributed by atoms with Gasteiger partial charge in [-0.1, -0.05) is 0 Å². The fourth-order valence-corrected chi connectivity index (χ4v) is 1.48. The molecule has 0 atom stereocenters. The Kier molecular flexibility index (Phi) is 3.05. The summed E-state index contributed by atoms with van der Waals surface area (Å²) in [7, 11) is 1.70. The van der Waals surface area contributed by atoms with E-state index < -0.39 is 0 Å². The molecule has 1 amide bonds. The van der Waals surface area contributed by atoms with Gasteiger partial charge in [0.2, 0.25) is 0 Å². The van der Waals surface area contributed by atoms with E-state index in [2.05, 4.69) is 4.98 Å². The summed E-state index contributed by atoms with van der Waals surface area (Å²) in [6.45, 7) is 0. The summed E-state index contributed by atoms with van der Waals surface area (Å²) >= 11 is 0. The minimum atomic E-state index is -0.129. The molecule has 0 spiro atoms. The summed E-state index contributed by atoms with van der Waals surface area (Å²) in [5.41, 5.74) is 1.31. The van der Waals surface area contributed by atoms with E-state index in [1.807, 2.05) is 0 Å². The molecule has 0 aliphatic carbocycles. The van der Waals surface area contributed by atoms with Gasteiger partial charge >= 0.3 is 0 Å². The monoisotopic (exact) mass is 228 g/mol.